The molecule has 0 saturated heterocycles. The molecule has 0 spiro atoms. The van der Waals surface area contributed by atoms with Crippen LogP contribution in [0.5, 0.6) is 0 Å². The molecule has 20 heavy (non-hydrogen) atoms. The van der Waals surface area contributed by atoms with E-state index in [9.17, 15) is 0 Å². The van der Waals surface area contributed by atoms with Crippen molar-refractivity contribution in [1.29, 1.82) is 0 Å². The molecule has 1 nitrogen and oxygen atoms in total. The number of hydrogen-bond donors (Lipinski definition) is 1. The molecule has 1 aliphatic heterocycles. The van der Waals surface area contributed by atoms with Gasteiger partial charge in [0.1, 0.15) is 0 Å². The van der Waals surface area contributed by atoms with E-state index in [1.54, 1.807) is 5.56 Å². The molecule has 1 N–H and O–H groups in total. The Morgan fingerprint density at radius 3 is 2.90 bits per heavy atom. The number of rotatable bonds is 5. The number of benzene rings is 1. The molecule has 0 radical (unpaired) electrons. The fourth-order valence-electron chi connectivity index (χ4n) is 3.81. The third-order valence-corrected chi connectivity index (χ3v) is 6.19. The number of thioether (sulfide) groups is 1. The maximum Gasteiger partial charge on any atom is 0.0138 e. The Hall–Kier alpha value is -0.470. The van der Waals surface area contributed by atoms with Gasteiger partial charge in [-0.05, 0) is 56.2 Å². The van der Waals surface area contributed by atoms with Gasteiger partial charge in [0.15, 0.2) is 0 Å². The fraction of sp³-hybridized carbons (Fsp3) is 0.667. The molecule has 1 aliphatic carbocycles. The van der Waals surface area contributed by atoms with Gasteiger partial charge in [-0.2, -0.15) is 0 Å². The van der Waals surface area contributed by atoms with Crippen molar-refractivity contribution in [2.24, 2.45) is 5.92 Å². The number of hydrogen-bond acceptors (Lipinski definition) is 2. The largest absolute Gasteiger partial charge is 0.314 e. The summed E-state index contributed by atoms with van der Waals surface area (Å²) in [5, 5.41) is 4.63. The molecule has 1 fully saturated rings. The Labute approximate surface area is 127 Å². The molecule has 3 atom stereocenters. The summed E-state index contributed by atoms with van der Waals surface area (Å²) in [6, 6.07) is 9.77. The smallest absolute Gasteiger partial charge is 0.0138 e. The van der Waals surface area contributed by atoms with Crippen LogP contribution < -0.4 is 5.32 Å². The first-order valence-electron chi connectivity index (χ1n) is 8.34. The van der Waals surface area contributed by atoms with Crippen LogP contribution in [0.25, 0.3) is 0 Å². The Kier molecular flexibility index (Phi) is 5.06. The summed E-state index contributed by atoms with van der Waals surface area (Å²) in [6.07, 6.45) is 9.66. The summed E-state index contributed by atoms with van der Waals surface area (Å²) >= 11 is 2.13. The van der Waals surface area contributed by atoms with Crippen molar-refractivity contribution in [3.8, 4) is 0 Å². The van der Waals surface area contributed by atoms with Gasteiger partial charge in [0, 0.05) is 16.2 Å². The SMILES string of the molecule is CCCNC1CCCCC1CC1Cc2ccccc2S1. The summed E-state index contributed by atoms with van der Waals surface area (Å²) in [4.78, 5) is 1.53. The zero-order chi connectivity index (χ0) is 13.8. The minimum absolute atomic E-state index is 0.785. The van der Waals surface area contributed by atoms with Gasteiger partial charge in [0.2, 0.25) is 0 Å². The minimum Gasteiger partial charge on any atom is -0.314 e. The minimum atomic E-state index is 0.785. The fourth-order valence-corrected chi connectivity index (χ4v) is 5.24. The number of nitrogens with one attached hydrogen (secondary N) is 1. The molecule has 0 bridgehead atoms. The van der Waals surface area contributed by atoms with Crippen LogP contribution in [-0.4, -0.2) is 17.8 Å². The van der Waals surface area contributed by atoms with Crippen molar-refractivity contribution < 1.29 is 0 Å². The van der Waals surface area contributed by atoms with Gasteiger partial charge in [-0.25, -0.2) is 0 Å². The lowest BCUT2D eigenvalue weighted by atomic mass is 9.81. The van der Waals surface area contributed by atoms with Crippen LogP contribution >= 0.6 is 11.8 Å². The third kappa shape index (κ3) is 3.40. The van der Waals surface area contributed by atoms with E-state index in [0.29, 0.717) is 0 Å². The lowest BCUT2D eigenvalue weighted by Gasteiger charge is -2.33. The maximum absolute atomic E-state index is 3.81. The van der Waals surface area contributed by atoms with Crippen LogP contribution in [0.3, 0.4) is 0 Å². The van der Waals surface area contributed by atoms with Crippen LogP contribution in [0, 0.1) is 5.92 Å². The zero-order valence-corrected chi connectivity index (χ0v) is 13.4. The summed E-state index contributed by atoms with van der Waals surface area (Å²) in [5.74, 6) is 0.905. The van der Waals surface area contributed by atoms with Crippen LogP contribution in [0.1, 0.15) is 51.0 Å². The van der Waals surface area contributed by atoms with Crippen molar-refractivity contribution >= 4 is 11.8 Å². The lowest BCUT2D eigenvalue weighted by Crippen LogP contribution is -2.40. The Balaban J connectivity index is 1.57. The van der Waals surface area contributed by atoms with Gasteiger partial charge in [-0.3, -0.25) is 0 Å². The third-order valence-electron chi connectivity index (χ3n) is 4.85. The van der Waals surface area contributed by atoms with E-state index in [2.05, 4.69) is 48.3 Å². The van der Waals surface area contributed by atoms with E-state index in [-0.39, 0.29) is 0 Å². The summed E-state index contributed by atoms with van der Waals surface area (Å²) in [7, 11) is 0. The second-order valence-corrected chi connectivity index (χ2v) is 7.73. The quantitative estimate of drug-likeness (QED) is 0.846. The van der Waals surface area contributed by atoms with E-state index < -0.39 is 0 Å². The normalized spacial score (nSPS) is 29.4. The van der Waals surface area contributed by atoms with Crippen molar-refractivity contribution in [3.05, 3.63) is 29.8 Å². The monoisotopic (exact) mass is 289 g/mol. The van der Waals surface area contributed by atoms with E-state index in [0.717, 1.165) is 17.2 Å². The first-order valence-corrected chi connectivity index (χ1v) is 9.22. The maximum atomic E-state index is 3.81. The molecule has 1 aromatic rings. The highest BCUT2D eigenvalue weighted by atomic mass is 32.2. The second-order valence-electron chi connectivity index (χ2n) is 6.39. The first kappa shape index (κ1) is 14.5. The summed E-state index contributed by atoms with van der Waals surface area (Å²) in [5.41, 5.74) is 1.58. The van der Waals surface area contributed by atoms with Gasteiger partial charge in [-0.1, -0.05) is 38.0 Å². The second kappa shape index (κ2) is 7.00. The van der Waals surface area contributed by atoms with E-state index >= 15 is 0 Å². The molecular formula is C18H27NS. The zero-order valence-electron chi connectivity index (χ0n) is 12.6. The van der Waals surface area contributed by atoms with Gasteiger partial charge < -0.3 is 5.32 Å². The average Bonchev–Trinajstić information content (AvgIpc) is 2.88. The summed E-state index contributed by atoms with van der Waals surface area (Å²) in [6.45, 7) is 3.47. The molecule has 0 amide bonds. The first-order chi connectivity index (χ1) is 9.86. The van der Waals surface area contributed by atoms with Crippen LogP contribution in [0.2, 0.25) is 0 Å². The molecule has 1 saturated carbocycles. The molecule has 1 heterocycles. The van der Waals surface area contributed by atoms with Crippen LogP contribution in [-0.2, 0) is 6.42 Å². The van der Waals surface area contributed by atoms with Crippen molar-refractivity contribution in [2.75, 3.05) is 6.54 Å². The average molecular weight is 289 g/mol. The van der Waals surface area contributed by atoms with Crippen molar-refractivity contribution in [3.63, 3.8) is 0 Å². The predicted molar refractivity (Wildman–Crippen MR) is 88.4 cm³/mol. The van der Waals surface area contributed by atoms with Gasteiger partial charge in [0.05, 0.1) is 0 Å². The number of fused-ring (bicyclic) bond motifs is 1. The Bertz CT molecular complexity index is 406. The summed E-state index contributed by atoms with van der Waals surface area (Å²) < 4.78 is 0. The van der Waals surface area contributed by atoms with Crippen molar-refractivity contribution in [1.82, 2.24) is 5.32 Å². The predicted octanol–water partition coefficient (Wildman–Crippen LogP) is 4.65. The van der Waals surface area contributed by atoms with Crippen LogP contribution in [0.4, 0.5) is 0 Å². The molecule has 3 rings (SSSR count). The van der Waals surface area contributed by atoms with Gasteiger partial charge >= 0.3 is 0 Å². The van der Waals surface area contributed by atoms with E-state index in [1.807, 2.05) is 0 Å². The van der Waals surface area contributed by atoms with Gasteiger partial charge in [0.25, 0.3) is 0 Å². The molecule has 110 valence electrons. The molecule has 1 aromatic carbocycles. The topological polar surface area (TPSA) is 12.0 Å². The molecule has 0 aromatic heterocycles. The molecule has 2 aliphatic rings. The Morgan fingerprint density at radius 2 is 2.05 bits per heavy atom. The lowest BCUT2D eigenvalue weighted by molar-refractivity contribution is 0.248. The van der Waals surface area contributed by atoms with E-state index in [1.165, 1.54) is 56.4 Å². The van der Waals surface area contributed by atoms with Crippen LogP contribution in [0.15, 0.2) is 29.2 Å². The van der Waals surface area contributed by atoms with E-state index in [4.69, 9.17) is 0 Å². The highest BCUT2D eigenvalue weighted by Crippen LogP contribution is 2.41. The standard InChI is InChI=1S/C18H27NS/c1-2-11-19-17-9-5-3-7-14(17)12-16-13-15-8-4-6-10-18(15)20-16/h4,6,8,10,14,16-17,19H,2-3,5,7,9,11-13H2,1H3. The highest BCUT2D eigenvalue weighted by Gasteiger charge is 2.30. The Morgan fingerprint density at radius 1 is 1.20 bits per heavy atom. The molecular weight excluding hydrogens is 262 g/mol. The molecule has 3 unspecified atom stereocenters. The molecule has 2 heteroatoms. The van der Waals surface area contributed by atoms with Crippen molar-refractivity contribution in [2.45, 2.75) is 68.1 Å². The van der Waals surface area contributed by atoms with Gasteiger partial charge in [-0.15, -0.1) is 11.8 Å². The highest BCUT2D eigenvalue weighted by molar-refractivity contribution is 8.00.